The Bertz CT molecular complexity index is 363. The molecule has 0 aliphatic carbocycles. The molecular formula is C13H25N3O4. The topological polar surface area (TPSA) is 90.0 Å². The van der Waals surface area contributed by atoms with E-state index >= 15 is 0 Å². The van der Waals surface area contributed by atoms with Crippen LogP contribution in [0.25, 0.3) is 0 Å². The summed E-state index contributed by atoms with van der Waals surface area (Å²) >= 11 is 0. The maximum Gasteiger partial charge on any atom is 0.245 e. The van der Waals surface area contributed by atoms with E-state index in [4.69, 9.17) is 5.21 Å². The molecule has 0 radical (unpaired) electrons. The predicted octanol–water partition coefficient (Wildman–Crippen LogP) is 0.0892. The number of carbonyl (C=O) groups is 3. The number of hydroxylamine groups is 2. The van der Waals surface area contributed by atoms with Crippen LogP contribution in [0.15, 0.2) is 0 Å². The molecule has 0 unspecified atom stereocenters. The molecule has 0 saturated heterocycles. The van der Waals surface area contributed by atoms with E-state index in [1.54, 1.807) is 21.0 Å². The second-order valence-corrected chi connectivity index (χ2v) is 6.17. The summed E-state index contributed by atoms with van der Waals surface area (Å²) in [5.74, 6) is -1.21. The minimum atomic E-state index is -0.671. The van der Waals surface area contributed by atoms with Crippen molar-refractivity contribution < 1.29 is 19.6 Å². The lowest BCUT2D eigenvalue weighted by Crippen LogP contribution is -2.54. The van der Waals surface area contributed by atoms with Gasteiger partial charge in [-0.05, 0) is 5.41 Å². The Morgan fingerprint density at radius 3 is 2.15 bits per heavy atom. The van der Waals surface area contributed by atoms with Crippen LogP contribution in [0.4, 0.5) is 0 Å². The minimum Gasteiger partial charge on any atom is -0.347 e. The van der Waals surface area contributed by atoms with Crippen LogP contribution in [0.5, 0.6) is 0 Å². The summed E-state index contributed by atoms with van der Waals surface area (Å²) in [6.07, 6.45) is 0.232. The Morgan fingerprint density at radius 1 is 1.30 bits per heavy atom. The zero-order valence-electron chi connectivity index (χ0n) is 13.0. The van der Waals surface area contributed by atoms with Crippen LogP contribution >= 0.6 is 0 Å². The molecule has 20 heavy (non-hydrogen) atoms. The van der Waals surface area contributed by atoms with Crippen molar-refractivity contribution in [3.05, 3.63) is 0 Å². The number of nitrogens with one attached hydrogen (secondary N) is 1. The highest BCUT2D eigenvalue weighted by molar-refractivity contribution is 5.88. The van der Waals surface area contributed by atoms with Gasteiger partial charge in [0, 0.05) is 14.1 Å². The van der Waals surface area contributed by atoms with E-state index in [2.05, 4.69) is 5.32 Å². The first kappa shape index (κ1) is 18.4. The van der Waals surface area contributed by atoms with E-state index in [1.807, 2.05) is 20.8 Å². The molecule has 116 valence electrons. The summed E-state index contributed by atoms with van der Waals surface area (Å²) in [4.78, 5) is 35.9. The molecule has 2 atom stereocenters. The van der Waals surface area contributed by atoms with E-state index in [0.29, 0.717) is 5.06 Å². The van der Waals surface area contributed by atoms with Gasteiger partial charge < -0.3 is 10.2 Å². The molecule has 0 fully saturated rings. The first-order chi connectivity index (χ1) is 9.00. The number of amides is 3. The Hall–Kier alpha value is -1.63. The van der Waals surface area contributed by atoms with Crippen LogP contribution in [0.2, 0.25) is 0 Å². The molecule has 0 heterocycles. The van der Waals surface area contributed by atoms with Crippen molar-refractivity contribution in [1.29, 1.82) is 0 Å². The fourth-order valence-electron chi connectivity index (χ4n) is 1.60. The number of nitrogens with zero attached hydrogens (tertiary/aromatic N) is 2. The highest BCUT2D eigenvalue weighted by Gasteiger charge is 2.34. The van der Waals surface area contributed by atoms with Gasteiger partial charge in [0.2, 0.25) is 18.2 Å². The minimum absolute atomic E-state index is 0.123. The van der Waals surface area contributed by atoms with Gasteiger partial charge in [-0.1, -0.05) is 27.7 Å². The molecule has 7 nitrogen and oxygen atoms in total. The van der Waals surface area contributed by atoms with Crippen molar-refractivity contribution in [2.24, 2.45) is 11.3 Å². The normalized spacial score (nSPS) is 14.2. The Labute approximate surface area is 119 Å². The van der Waals surface area contributed by atoms with Crippen LogP contribution < -0.4 is 5.32 Å². The molecule has 0 aromatic heterocycles. The Balaban J connectivity index is 4.87. The van der Waals surface area contributed by atoms with E-state index in [9.17, 15) is 14.4 Å². The fraction of sp³-hybridized carbons (Fsp3) is 0.769. The largest absolute Gasteiger partial charge is 0.347 e. The summed E-state index contributed by atoms with van der Waals surface area (Å²) in [5.41, 5.74) is -0.444. The lowest BCUT2D eigenvalue weighted by Gasteiger charge is -2.33. The Kier molecular flexibility index (Phi) is 6.64. The number of carbonyl (C=O) groups excluding carboxylic acids is 3. The van der Waals surface area contributed by atoms with E-state index in [0.717, 1.165) is 0 Å². The third-order valence-corrected chi connectivity index (χ3v) is 2.87. The van der Waals surface area contributed by atoms with Gasteiger partial charge in [0.15, 0.2) is 0 Å². The fourth-order valence-corrected chi connectivity index (χ4v) is 1.60. The van der Waals surface area contributed by atoms with Crippen molar-refractivity contribution in [2.45, 2.75) is 33.7 Å². The standard InChI is InChI=1S/C13H25N3O4/c1-9(7-16(20)8-17)11(18)14-10(13(2,3)4)12(19)15(5)6/h8-10,20H,7H2,1-6H3,(H,14,18)/t9-,10-/m1/s1. The third-order valence-electron chi connectivity index (χ3n) is 2.87. The van der Waals surface area contributed by atoms with Crippen LogP contribution in [0, 0.1) is 11.3 Å². The van der Waals surface area contributed by atoms with Crippen molar-refractivity contribution in [1.82, 2.24) is 15.3 Å². The molecule has 0 saturated carbocycles. The van der Waals surface area contributed by atoms with Gasteiger partial charge in [-0.3, -0.25) is 19.6 Å². The van der Waals surface area contributed by atoms with Gasteiger partial charge in [-0.2, -0.15) is 0 Å². The zero-order chi connectivity index (χ0) is 16.1. The molecule has 2 N–H and O–H groups in total. The first-order valence-corrected chi connectivity index (χ1v) is 6.43. The first-order valence-electron chi connectivity index (χ1n) is 6.43. The molecule has 0 aromatic rings. The smallest absolute Gasteiger partial charge is 0.245 e. The average molecular weight is 287 g/mol. The molecule has 0 spiro atoms. The lowest BCUT2D eigenvalue weighted by atomic mass is 9.85. The highest BCUT2D eigenvalue weighted by atomic mass is 16.5. The quantitative estimate of drug-likeness (QED) is 0.411. The maximum absolute atomic E-state index is 12.1. The SMILES string of the molecule is C[C@H](CN(O)C=O)C(=O)N[C@H](C(=O)N(C)C)C(C)(C)C. The van der Waals surface area contributed by atoms with Crippen molar-refractivity contribution in [2.75, 3.05) is 20.6 Å². The van der Waals surface area contributed by atoms with Crippen LogP contribution in [-0.2, 0) is 14.4 Å². The molecule has 3 amide bonds. The van der Waals surface area contributed by atoms with Gasteiger partial charge in [-0.15, -0.1) is 0 Å². The highest BCUT2D eigenvalue weighted by Crippen LogP contribution is 2.21. The second kappa shape index (κ2) is 7.23. The summed E-state index contributed by atoms with van der Waals surface area (Å²) in [6, 6.07) is -0.671. The molecular weight excluding hydrogens is 262 g/mol. The van der Waals surface area contributed by atoms with Crippen LogP contribution in [0.1, 0.15) is 27.7 Å². The lowest BCUT2D eigenvalue weighted by molar-refractivity contribution is -0.154. The summed E-state index contributed by atoms with van der Waals surface area (Å²) in [6.45, 7) is 7.01. The van der Waals surface area contributed by atoms with Gasteiger partial charge >= 0.3 is 0 Å². The van der Waals surface area contributed by atoms with E-state index in [-0.39, 0.29) is 24.8 Å². The summed E-state index contributed by atoms with van der Waals surface area (Å²) < 4.78 is 0. The van der Waals surface area contributed by atoms with Gasteiger partial charge in [0.25, 0.3) is 0 Å². The summed E-state index contributed by atoms with van der Waals surface area (Å²) in [5, 5.41) is 12.2. The van der Waals surface area contributed by atoms with Gasteiger partial charge in [0.1, 0.15) is 6.04 Å². The van der Waals surface area contributed by atoms with E-state index < -0.39 is 17.4 Å². The van der Waals surface area contributed by atoms with Gasteiger partial charge in [0.05, 0.1) is 12.5 Å². The molecule has 0 aromatic carbocycles. The molecule has 7 heteroatoms. The average Bonchev–Trinajstić information content (AvgIpc) is 2.32. The molecule has 0 aliphatic rings. The van der Waals surface area contributed by atoms with Crippen molar-refractivity contribution >= 4 is 18.2 Å². The van der Waals surface area contributed by atoms with E-state index in [1.165, 1.54) is 4.90 Å². The number of rotatable bonds is 6. The zero-order valence-corrected chi connectivity index (χ0v) is 13.0. The van der Waals surface area contributed by atoms with Crippen molar-refractivity contribution in [3.63, 3.8) is 0 Å². The molecule has 0 rings (SSSR count). The van der Waals surface area contributed by atoms with Gasteiger partial charge in [-0.25, -0.2) is 5.06 Å². The second-order valence-electron chi connectivity index (χ2n) is 6.17. The van der Waals surface area contributed by atoms with Crippen LogP contribution in [-0.4, -0.2) is 60.1 Å². The van der Waals surface area contributed by atoms with Crippen molar-refractivity contribution in [3.8, 4) is 0 Å². The number of hydrogen-bond donors (Lipinski definition) is 2. The van der Waals surface area contributed by atoms with Crippen LogP contribution in [0.3, 0.4) is 0 Å². The third kappa shape index (κ3) is 5.56. The number of hydrogen-bond acceptors (Lipinski definition) is 4. The summed E-state index contributed by atoms with van der Waals surface area (Å²) in [7, 11) is 3.25. The Morgan fingerprint density at radius 2 is 1.80 bits per heavy atom. The molecule has 0 aliphatic heterocycles. The predicted molar refractivity (Wildman–Crippen MR) is 73.8 cm³/mol. The number of likely N-dealkylation sites (N-methyl/N-ethyl adjacent to an activating group) is 1. The maximum atomic E-state index is 12.1. The monoisotopic (exact) mass is 287 g/mol. The molecule has 0 bridgehead atoms.